The monoisotopic (exact) mass is 664 g/mol. The van der Waals surface area contributed by atoms with Crippen molar-refractivity contribution in [3.8, 4) is 0 Å². The lowest BCUT2D eigenvalue weighted by Crippen LogP contribution is -2.58. The molecule has 1 fully saturated rings. The van der Waals surface area contributed by atoms with E-state index in [2.05, 4.69) is 6.58 Å². The number of Topliss-reactive ketones (excluding diaryl/α,β-unsaturated/α-hetero) is 2. The summed E-state index contributed by atoms with van der Waals surface area (Å²) in [5.74, 6) is -8.35. The predicted octanol–water partition coefficient (Wildman–Crippen LogP) is 3.39. The van der Waals surface area contributed by atoms with Crippen LogP contribution >= 0.6 is 0 Å². The van der Waals surface area contributed by atoms with E-state index >= 15 is 0 Å². The third kappa shape index (κ3) is 8.94. The van der Waals surface area contributed by atoms with Crippen molar-refractivity contribution in [1.29, 1.82) is 0 Å². The molecule has 0 aromatic carbocycles. The molecule has 0 spiro atoms. The third-order valence-corrected chi connectivity index (χ3v) is 8.13. The van der Waals surface area contributed by atoms with E-state index < -0.39 is 101 Å². The molecular formula is C34H48O13. The molecule has 0 unspecified atom stereocenters. The predicted molar refractivity (Wildman–Crippen MR) is 165 cm³/mol. The Morgan fingerprint density at radius 3 is 1.77 bits per heavy atom. The van der Waals surface area contributed by atoms with Crippen molar-refractivity contribution in [3.63, 3.8) is 0 Å². The van der Waals surface area contributed by atoms with Crippen molar-refractivity contribution in [3.05, 3.63) is 24.3 Å². The average Bonchev–Trinajstić information content (AvgIpc) is 3.13. The Morgan fingerprint density at radius 2 is 1.30 bits per heavy atom. The first kappa shape index (κ1) is 39.3. The van der Waals surface area contributed by atoms with Gasteiger partial charge in [-0.05, 0) is 26.7 Å². The van der Waals surface area contributed by atoms with E-state index in [-0.39, 0.29) is 18.1 Å². The minimum absolute atomic E-state index is 0.0514. The maximum absolute atomic E-state index is 14.7. The molecule has 0 aliphatic heterocycles. The molecule has 0 bridgehead atoms. The topological polar surface area (TPSA) is 175 Å². The van der Waals surface area contributed by atoms with E-state index in [1.165, 1.54) is 26.0 Å². The zero-order chi connectivity index (χ0) is 36.2. The lowest BCUT2D eigenvalue weighted by Gasteiger charge is -2.42. The van der Waals surface area contributed by atoms with Crippen molar-refractivity contribution >= 4 is 41.4 Å². The van der Waals surface area contributed by atoms with Crippen LogP contribution in [-0.4, -0.2) is 83.6 Å². The number of carbonyl (C=O) groups is 7. The molecule has 1 saturated carbocycles. The van der Waals surface area contributed by atoms with Crippen LogP contribution in [0.15, 0.2) is 24.3 Å². The van der Waals surface area contributed by atoms with Gasteiger partial charge in [0.05, 0.1) is 12.5 Å². The number of esters is 5. The highest BCUT2D eigenvalue weighted by Crippen LogP contribution is 2.54. The van der Waals surface area contributed by atoms with Gasteiger partial charge in [-0.25, -0.2) is 0 Å². The van der Waals surface area contributed by atoms with Gasteiger partial charge in [-0.2, -0.15) is 0 Å². The van der Waals surface area contributed by atoms with Crippen LogP contribution in [0.2, 0.25) is 0 Å². The minimum Gasteiger partial charge on any atom is -0.458 e. The Balaban J connectivity index is 3.18. The zero-order valence-corrected chi connectivity index (χ0v) is 29.1. The molecule has 2 rings (SSSR count). The number of rotatable bonds is 8. The van der Waals surface area contributed by atoms with Gasteiger partial charge < -0.3 is 28.4 Å². The van der Waals surface area contributed by atoms with Crippen LogP contribution in [-0.2, 0) is 62.0 Å². The largest absolute Gasteiger partial charge is 0.458 e. The lowest BCUT2D eigenvalue weighted by atomic mass is 9.72. The van der Waals surface area contributed by atoms with Crippen LogP contribution in [0.4, 0.5) is 0 Å². The van der Waals surface area contributed by atoms with Crippen molar-refractivity contribution in [2.75, 3.05) is 6.61 Å². The summed E-state index contributed by atoms with van der Waals surface area (Å²) in [5.41, 5.74) is -5.63. The van der Waals surface area contributed by atoms with Crippen molar-refractivity contribution < 1.29 is 62.0 Å². The highest BCUT2D eigenvalue weighted by Gasteiger charge is 2.72. The van der Waals surface area contributed by atoms with E-state index in [1.807, 2.05) is 13.8 Å². The normalized spacial score (nSPS) is 33.1. The van der Waals surface area contributed by atoms with Gasteiger partial charge in [-0.15, -0.1) is 0 Å². The third-order valence-electron chi connectivity index (χ3n) is 8.13. The van der Waals surface area contributed by atoms with E-state index in [4.69, 9.17) is 28.4 Å². The number of allylic oxidation sites excluding steroid dienone is 2. The standard InChI is InChI=1S/C34H48O13/c1-17(2)15-42-28-27(44-21(6)36)19(4)26(43-20(5)35)25-31(45-22(7)37)33(12,46-23(8)38)16-34(25,47-24(9)39)29(40)18(3)13-14-32(10,11)30(28)41/h13-14,17-18,25-28,31H,4,15-16H2,1-3,5-12H3/b14-13+/t18-,25+,26+,27+,28-,31-,33-,34-/m1/s1. The smallest absolute Gasteiger partial charge is 0.303 e. The first-order valence-electron chi connectivity index (χ1n) is 15.5. The van der Waals surface area contributed by atoms with Gasteiger partial charge in [0.25, 0.3) is 0 Å². The fraction of sp³-hybridized carbons (Fsp3) is 0.676. The Bertz CT molecular complexity index is 1330. The van der Waals surface area contributed by atoms with Crippen LogP contribution in [0.1, 0.15) is 82.6 Å². The highest BCUT2D eigenvalue weighted by molar-refractivity contribution is 5.95. The van der Waals surface area contributed by atoms with Gasteiger partial charge in [0, 0.05) is 57.9 Å². The summed E-state index contributed by atoms with van der Waals surface area (Å²) in [6, 6.07) is 0. The SMILES string of the molecule is C=C1[C@H](OC(C)=O)[C@H]2[C@@H](OC(C)=O)[C@](C)(OC(C)=O)C[C@]2(OC(C)=O)C(=O)[C@H](C)/C=C/C(C)(C)C(=O)[C@H](OCC(C)C)[C@H]1OC(C)=O. The molecule has 2 aliphatic carbocycles. The van der Waals surface area contributed by atoms with Crippen LogP contribution in [0.3, 0.4) is 0 Å². The second kappa shape index (κ2) is 14.9. The number of hydrogen-bond donors (Lipinski definition) is 0. The van der Waals surface area contributed by atoms with Crippen LogP contribution in [0.5, 0.6) is 0 Å². The Morgan fingerprint density at radius 1 is 0.787 bits per heavy atom. The molecule has 0 saturated heterocycles. The van der Waals surface area contributed by atoms with Crippen molar-refractivity contribution in [1.82, 2.24) is 0 Å². The molecule has 0 amide bonds. The Hall–Kier alpha value is -3.87. The molecular weight excluding hydrogens is 616 g/mol. The molecule has 13 nitrogen and oxygen atoms in total. The fourth-order valence-electron chi connectivity index (χ4n) is 6.36. The molecule has 13 heteroatoms. The molecule has 8 atom stereocenters. The van der Waals surface area contributed by atoms with Gasteiger partial charge >= 0.3 is 29.8 Å². The highest BCUT2D eigenvalue weighted by atomic mass is 16.6. The summed E-state index contributed by atoms with van der Waals surface area (Å²) >= 11 is 0. The summed E-state index contributed by atoms with van der Waals surface area (Å²) in [5, 5.41) is 0. The molecule has 2 aliphatic rings. The van der Waals surface area contributed by atoms with E-state index in [1.54, 1.807) is 13.8 Å². The van der Waals surface area contributed by atoms with E-state index in [0.717, 1.165) is 34.6 Å². The van der Waals surface area contributed by atoms with Crippen LogP contribution in [0, 0.1) is 23.2 Å². The summed E-state index contributed by atoms with van der Waals surface area (Å²) in [6.07, 6.45) is -3.99. The molecule has 0 aromatic heterocycles. The van der Waals surface area contributed by atoms with Crippen molar-refractivity contribution in [2.45, 2.75) is 118 Å². The number of hydrogen-bond acceptors (Lipinski definition) is 13. The number of carbonyl (C=O) groups excluding carboxylic acids is 7. The van der Waals surface area contributed by atoms with E-state index in [0.29, 0.717) is 0 Å². The summed E-state index contributed by atoms with van der Waals surface area (Å²) in [7, 11) is 0. The summed E-state index contributed by atoms with van der Waals surface area (Å²) in [6.45, 7) is 19.3. The summed E-state index contributed by atoms with van der Waals surface area (Å²) in [4.78, 5) is 92.1. The van der Waals surface area contributed by atoms with Crippen LogP contribution < -0.4 is 0 Å². The van der Waals surface area contributed by atoms with Gasteiger partial charge in [-0.3, -0.25) is 33.6 Å². The van der Waals surface area contributed by atoms with Gasteiger partial charge in [-0.1, -0.05) is 39.5 Å². The minimum atomic E-state index is -2.27. The lowest BCUT2D eigenvalue weighted by molar-refractivity contribution is -0.190. The maximum atomic E-state index is 14.7. The zero-order valence-electron chi connectivity index (χ0n) is 29.1. The molecule has 0 N–H and O–H groups in total. The second-order valence-corrected chi connectivity index (χ2v) is 13.5. The average molecular weight is 665 g/mol. The van der Waals surface area contributed by atoms with Gasteiger partial charge in [0.15, 0.2) is 41.1 Å². The molecule has 47 heavy (non-hydrogen) atoms. The molecule has 262 valence electrons. The number of ketones is 2. The fourth-order valence-corrected chi connectivity index (χ4v) is 6.36. The first-order valence-corrected chi connectivity index (χ1v) is 15.5. The quantitative estimate of drug-likeness (QED) is 0.210. The molecule has 0 aromatic rings. The van der Waals surface area contributed by atoms with Gasteiger partial charge in [0.1, 0.15) is 6.10 Å². The van der Waals surface area contributed by atoms with E-state index in [9.17, 15) is 33.6 Å². The van der Waals surface area contributed by atoms with Crippen molar-refractivity contribution in [2.24, 2.45) is 23.2 Å². The Kier molecular flexibility index (Phi) is 12.5. The number of ether oxygens (including phenoxy) is 6. The van der Waals surface area contributed by atoms with Crippen LogP contribution in [0.25, 0.3) is 0 Å². The van der Waals surface area contributed by atoms with Gasteiger partial charge in [0.2, 0.25) is 0 Å². The second-order valence-electron chi connectivity index (χ2n) is 13.5. The number of fused-ring (bicyclic) bond motifs is 1. The maximum Gasteiger partial charge on any atom is 0.303 e. The summed E-state index contributed by atoms with van der Waals surface area (Å²) < 4.78 is 34.9. The molecule has 0 heterocycles. The first-order chi connectivity index (χ1) is 21.5. The Labute approximate surface area is 275 Å². The molecule has 0 radical (unpaired) electrons.